The molecule has 0 N–H and O–H groups in total. The SMILES string of the molecule is C=C(C)c1ccc(CCN([Si](C)(C)C(C)(C)C)[Si](C)(C)C(C)(C)C)cc1. The topological polar surface area (TPSA) is 3.24 Å². The normalized spacial score (nSPS) is 14.0. The van der Waals surface area contributed by atoms with Crippen LogP contribution in [-0.2, 0) is 6.42 Å². The molecule has 0 bridgehead atoms. The van der Waals surface area contributed by atoms with Gasteiger partial charge in [-0.3, -0.25) is 0 Å². The highest BCUT2D eigenvalue weighted by molar-refractivity contribution is 6.93. The minimum absolute atomic E-state index is 0.367. The summed E-state index contributed by atoms with van der Waals surface area (Å²) in [6.45, 7) is 32.3. The lowest BCUT2D eigenvalue weighted by molar-refractivity contribution is 0.513. The van der Waals surface area contributed by atoms with Gasteiger partial charge in [-0.15, -0.1) is 0 Å². The summed E-state index contributed by atoms with van der Waals surface area (Å²) in [7, 11) is -3.16. The highest BCUT2D eigenvalue weighted by atomic mass is 28.4. The molecule has 1 aromatic rings. The Kier molecular flexibility index (Phi) is 6.99. The predicted octanol–water partition coefficient (Wildman–Crippen LogP) is 7.57. The molecule has 1 nitrogen and oxygen atoms in total. The number of allylic oxidation sites excluding steroid dienone is 1. The van der Waals surface area contributed by atoms with Crippen molar-refractivity contribution in [3.8, 4) is 0 Å². The second-order valence-electron chi connectivity index (χ2n) is 11.0. The van der Waals surface area contributed by atoms with Gasteiger partial charge >= 0.3 is 0 Å². The van der Waals surface area contributed by atoms with E-state index in [-0.39, 0.29) is 0 Å². The van der Waals surface area contributed by atoms with Crippen LogP contribution in [0.25, 0.3) is 5.57 Å². The first-order valence-corrected chi connectivity index (χ1v) is 15.9. The van der Waals surface area contributed by atoms with Gasteiger partial charge in [-0.25, -0.2) is 0 Å². The Bertz CT molecular complexity index is 587. The summed E-state index contributed by atoms with van der Waals surface area (Å²) >= 11 is 0. The molecule has 1 aromatic carbocycles. The Balaban J connectivity index is 3.16. The molecule has 0 fully saturated rings. The van der Waals surface area contributed by atoms with Crippen molar-refractivity contribution in [3.63, 3.8) is 0 Å². The quantitative estimate of drug-likeness (QED) is 0.453. The lowest BCUT2D eigenvalue weighted by atomic mass is 10.1. The average Bonchev–Trinajstić information content (AvgIpc) is 2.45. The van der Waals surface area contributed by atoms with Crippen molar-refractivity contribution in [1.82, 2.24) is 4.23 Å². The predicted molar refractivity (Wildman–Crippen MR) is 126 cm³/mol. The monoisotopic (exact) mass is 389 g/mol. The summed E-state index contributed by atoms with van der Waals surface area (Å²) in [6.07, 6.45) is 1.13. The van der Waals surface area contributed by atoms with Crippen LogP contribution in [0.15, 0.2) is 30.8 Å². The van der Waals surface area contributed by atoms with Crippen molar-refractivity contribution in [3.05, 3.63) is 42.0 Å². The van der Waals surface area contributed by atoms with E-state index in [0.717, 1.165) is 12.0 Å². The maximum Gasteiger partial charge on any atom is 0.121 e. The molecule has 0 unspecified atom stereocenters. The van der Waals surface area contributed by atoms with Gasteiger partial charge in [0.2, 0.25) is 0 Å². The van der Waals surface area contributed by atoms with Gasteiger partial charge in [-0.05, 0) is 41.1 Å². The Morgan fingerprint density at radius 2 is 1.23 bits per heavy atom. The van der Waals surface area contributed by atoms with E-state index < -0.39 is 16.5 Å². The molecule has 0 heterocycles. The van der Waals surface area contributed by atoms with Crippen LogP contribution >= 0.6 is 0 Å². The van der Waals surface area contributed by atoms with Gasteiger partial charge in [0.05, 0.1) is 0 Å². The van der Waals surface area contributed by atoms with Gasteiger partial charge in [0.1, 0.15) is 16.5 Å². The Labute approximate surface area is 166 Å². The van der Waals surface area contributed by atoms with Crippen LogP contribution in [0.5, 0.6) is 0 Å². The van der Waals surface area contributed by atoms with E-state index in [9.17, 15) is 0 Å². The summed E-state index contributed by atoms with van der Waals surface area (Å²) in [5, 5.41) is 0.735. The van der Waals surface area contributed by atoms with Crippen LogP contribution in [0.3, 0.4) is 0 Å². The molecule has 0 amide bonds. The van der Waals surface area contributed by atoms with Gasteiger partial charge in [0.15, 0.2) is 0 Å². The third kappa shape index (κ3) is 4.99. The lowest BCUT2D eigenvalue weighted by Crippen LogP contribution is -2.68. The van der Waals surface area contributed by atoms with Crippen LogP contribution < -0.4 is 0 Å². The maximum atomic E-state index is 4.05. The molecule has 0 saturated carbocycles. The third-order valence-electron chi connectivity index (χ3n) is 7.09. The Hall–Kier alpha value is -0.646. The minimum Gasteiger partial charge on any atom is -0.345 e. The average molecular weight is 390 g/mol. The fraction of sp³-hybridized carbons (Fsp3) is 0.652. The highest BCUT2D eigenvalue weighted by Crippen LogP contribution is 2.46. The van der Waals surface area contributed by atoms with E-state index in [4.69, 9.17) is 0 Å². The first-order valence-electron chi connectivity index (χ1n) is 10.0. The molecule has 148 valence electrons. The van der Waals surface area contributed by atoms with E-state index in [1.165, 1.54) is 17.7 Å². The maximum absolute atomic E-state index is 4.05. The van der Waals surface area contributed by atoms with E-state index >= 15 is 0 Å². The van der Waals surface area contributed by atoms with Gasteiger partial charge < -0.3 is 4.23 Å². The molecule has 0 aliphatic heterocycles. The van der Waals surface area contributed by atoms with E-state index in [0.29, 0.717) is 10.1 Å². The Morgan fingerprint density at radius 1 is 0.846 bits per heavy atom. The van der Waals surface area contributed by atoms with E-state index in [1.807, 2.05) is 0 Å². The number of hydrogen-bond donors (Lipinski definition) is 0. The number of rotatable bonds is 6. The van der Waals surface area contributed by atoms with Crippen molar-refractivity contribution < 1.29 is 0 Å². The van der Waals surface area contributed by atoms with Crippen molar-refractivity contribution >= 4 is 22.0 Å². The largest absolute Gasteiger partial charge is 0.345 e. The molecule has 3 heteroatoms. The molecular weight excluding hydrogens is 346 g/mol. The molecule has 0 radical (unpaired) electrons. The molecule has 26 heavy (non-hydrogen) atoms. The molecule has 0 spiro atoms. The van der Waals surface area contributed by atoms with Crippen molar-refractivity contribution in [1.29, 1.82) is 0 Å². The van der Waals surface area contributed by atoms with Crippen molar-refractivity contribution in [2.45, 2.75) is 91.2 Å². The second kappa shape index (κ2) is 7.77. The van der Waals surface area contributed by atoms with Crippen LogP contribution in [0.2, 0.25) is 36.3 Å². The zero-order valence-electron chi connectivity index (χ0n) is 19.4. The summed E-state index contributed by atoms with van der Waals surface area (Å²) in [4.78, 5) is 0. The summed E-state index contributed by atoms with van der Waals surface area (Å²) in [5.74, 6) is 0. The zero-order valence-corrected chi connectivity index (χ0v) is 21.4. The van der Waals surface area contributed by atoms with E-state index in [2.05, 4.69) is 110 Å². The molecule has 0 atom stereocenters. The first kappa shape index (κ1) is 23.4. The lowest BCUT2D eigenvalue weighted by Gasteiger charge is -2.57. The van der Waals surface area contributed by atoms with E-state index in [1.54, 1.807) is 0 Å². The molecule has 0 saturated heterocycles. The fourth-order valence-corrected chi connectivity index (χ4v) is 13.8. The summed E-state index contributed by atoms with van der Waals surface area (Å²) < 4.78 is 3.02. The first-order chi connectivity index (χ1) is 11.5. The third-order valence-corrected chi connectivity index (χ3v) is 20.9. The van der Waals surface area contributed by atoms with Crippen molar-refractivity contribution in [2.24, 2.45) is 0 Å². The smallest absolute Gasteiger partial charge is 0.121 e. The summed E-state index contributed by atoms with van der Waals surface area (Å²) in [5.41, 5.74) is 3.83. The molecule has 1 rings (SSSR count). The van der Waals surface area contributed by atoms with Crippen LogP contribution in [-0.4, -0.2) is 27.2 Å². The van der Waals surface area contributed by atoms with Gasteiger partial charge in [0, 0.05) is 0 Å². The van der Waals surface area contributed by atoms with Crippen LogP contribution in [0.4, 0.5) is 0 Å². The zero-order chi connectivity index (χ0) is 20.6. The van der Waals surface area contributed by atoms with Crippen LogP contribution in [0, 0.1) is 0 Å². The van der Waals surface area contributed by atoms with Gasteiger partial charge in [-0.1, -0.05) is 104 Å². The van der Waals surface area contributed by atoms with Crippen molar-refractivity contribution in [2.75, 3.05) is 6.54 Å². The number of hydrogen-bond acceptors (Lipinski definition) is 1. The van der Waals surface area contributed by atoms with Crippen LogP contribution in [0.1, 0.15) is 59.6 Å². The Morgan fingerprint density at radius 3 is 1.54 bits per heavy atom. The number of benzene rings is 1. The highest BCUT2D eigenvalue weighted by Gasteiger charge is 2.51. The summed E-state index contributed by atoms with van der Waals surface area (Å²) in [6, 6.07) is 9.03. The minimum atomic E-state index is -1.58. The van der Waals surface area contributed by atoms with Gasteiger partial charge in [0.25, 0.3) is 0 Å². The van der Waals surface area contributed by atoms with Gasteiger partial charge in [-0.2, -0.15) is 0 Å². The fourth-order valence-electron chi connectivity index (χ4n) is 3.26. The molecular formula is C23H43NSi2. The second-order valence-corrected chi connectivity index (χ2v) is 21.8. The standard InChI is InChI=1S/C23H43NSi2/c1-19(2)21-15-13-20(14-16-21)17-18-24(25(9,10)22(3,4)5)26(11,12)23(6,7)8/h13-16H,1,17-18H2,2-12H3. The molecule has 0 aromatic heterocycles. The molecule has 0 aliphatic rings. The number of nitrogens with zero attached hydrogens (tertiary/aromatic N) is 1. The molecule has 0 aliphatic carbocycles.